The van der Waals surface area contributed by atoms with Gasteiger partial charge in [0.05, 0.1) is 17.3 Å². The molecule has 0 N–H and O–H groups in total. The van der Waals surface area contributed by atoms with Gasteiger partial charge in [-0.15, -0.1) is 0 Å². The fourth-order valence-corrected chi connectivity index (χ4v) is 4.10. The van der Waals surface area contributed by atoms with Gasteiger partial charge in [-0.1, -0.05) is 45.9 Å². The number of aromatic nitrogens is 1. The van der Waals surface area contributed by atoms with Gasteiger partial charge in [0, 0.05) is 28.1 Å². The minimum Gasteiger partial charge on any atom is -0.455 e. The van der Waals surface area contributed by atoms with Crippen LogP contribution in [0.25, 0.3) is 33.2 Å². The normalized spacial score (nSPS) is 11.6. The summed E-state index contributed by atoms with van der Waals surface area (Å²) in [7, 11) is 0. The van der Waals surface area contributed by atoms with Gasteiger partial charge in [0.1, 0.15) is 11.2 Å². The lowest BCUT2D eigenvalue weighted by molar-refractivity contribution is 0.627. The highest BCUT2D eigenvalue weighted by atomic mass is 16.3. The molecule has 2 aromatic carbocycles. The van der Waals surface area contributed by atoms with Gasteiger partial charge >= 0.3 is 0 Å². The van der Waals surface area contributed by atoms with Crippen LogP contribution in [0.4, 0.5) is 0 Å². The second-order valence-electron chi connectivity index (χ2n) is 8.06. The fourth-order valence-electron chi connectivity index (χ4n) is 4.10. The van der Waals surface area contributed by atoms with E-state index in [0.717, 1.165) is 39.6 Å². The van der Waals surface area contributed by atoms with Crippen LogP contribution < -0.4 is 0 Å². The number of rotatable bonds is 4. The summed E-state index contributed by atoms with van der Waals surface area (Å²) in [6.07, 6.45) is 2.72. The van der Waals surface area contributed by atoms with Crippen molar-refractivity contribution in [2.75, 3.05) is 0 Å². The van der Waals surface area contributed by atoms with Crippen molar-refractivity contribution in [3.8, 4) is 17.3 Å². The molecule has 2 heterocycles. The summed E-state index contributed by atoms with van der Waals surface area (Å²) in [4.78, 5) is 4.50. The van der Waals surface area contributed by atoms with E-state index in [1.54, 1.807) is 6.20 Å². The van der Waals surface area contributed by atoms with E-state index >= 15 is 0 Å². The molecule has 0 atom stereocenters. The Morgan fingerprint density at radius 3 is 2.50 bits per heavy atom. The average Bonchev–Trinajstić information content (AvgIpc) is 3.06. The minimum atomic E-state index is 0.308. The number of nitrogens with zero attached hydrogens (tertiary/aromatic N) is 2. The molecule has 4 aromatic rings. The quantitative estimate of drug-likeness (QED) is 0.396. The van der Waals surface area contributed by atoms with Crippen molar-refractivity contribution in [2.24, 2.45) is 5.92 Å². The van der Waals surface area contributed by atoms with Crippen molar-refractivity contribution in [1.82, 2.24) is 4.98 Å². The van der Waals surface area contributed by atoms with Crippen molar-refractivity contribution in [3.05, 3.63) is 65.4 Å². The highest BCUT2D eigenvalue weighted by molar-refractivity contribution is 6.12. The molecule has 0 radical (unpaired) electrons. The van der Waals surface area contributed by atoms with Crippen LogP contribution in [0.15, 0.2) is 53.1 Å². The number of nitriles is 1. The van der Waals surface area contributed by atoms with Crippen LogP contribution in [-0.4, -0.2) is 4.98 Å². The second-order valence-corrected chi connectivity index (χ2v) is 8.06. The number of hydrogen-bond donors (Lipinski definition) is 0. The first kappa shape index (κ1) is 18.3. The molecule has 0 bridgehead atoms. The standard InChI is InChI=1S/C25H24N2O/c1-15(2)12-17-13-18(14-26)23-20-9-7-8-19(21-10-5-6-11-27-21)24(20)28-25(23)22(17)16(3)4/h5-11,13,15-16H,12H2,1-4H3. The third-order valence-corrected chi connectivity index (χ3v) is 5.16. The molecule has 28 heavy (non-hydrogen) atoms. The van der Waals surface area contributed by atoms with Crippen LogP contribution in [0.3, 0.4) is 0 Å². The van der Waals surface area contributed by atoms with Gasteiger partial charge in [0.15, 0.2) is 0 Å². The van der Waals surface area contributed by atoms with Crippen molar-refractivity contribution in [3.63, 3.8) is 0 Å². The summed E-state index contributed by atoms with van der Waals surface area (Å²) in [5.74, 6) is 0.817. The Hall–Kier alpha value is -3.12. The highest BCUT2D eigenvalue weighted by Gasteiger charge is 2.22. The monoisotopic (exact) mass is 368 g/mol. The summed E-state index contributed by atoms with van der Waals surface area (Å²) in [5.41, 5.74) is 6.60. The van der Waals surface area contributed by atoms with Gasteiger partial charge in [-0.2, -0.15) is 5.26 Å². The Morgan fingerprint density at radius 1 is 1.04 bits per heavy atom. The zero-order chi connectivity index (χ0) is 19.8. The van der Waals surface area contributed by atoms with E-state index < -0.39 is 0 Å². The van der Waals surface area contributed by atoms with E-state index in [1.165, 1.54) is 11.1 Å². The van der Waals surface area contributed by atoms with Gasteiger partial charge in [-0.05, 0) is 48.1 Å². The maximum Gasteiger partial charge on any atom is 0.144 e. The zero-order valence-corrected chi connectivity index (χ0v) is 16.8. The zero-order valence-electron chi connectivity index (χ0n) is 16.8. The maximum absolute atomic E-state index is 9.88. The molecule has 4 rings (SSSR count). The molecule has 0 aliphatic carbocycles. The van der Waals surface area contributed by atoms with Crippen LogP contribution in [0.5, 0.6) is 0 Å². The number of benzene rings is 2. The predicted molar refractivity (Wildman–Crippen MR) is 114 cm³/mol. The Labute approximate surface area is 165 Å². The van der Waals surface area contributed by atoms with Crippen LogP contribution in [0.2, 0.25) is 0 Å². The molecule has 3 nitrogen and oxygen atoms in total. The smallest absolute Gasteiger partial charge is 0.144 e. The molecule has 0 aliphatic rings. The van der Waals surface area contributed by atoms with Gasteiger partial charge in [-0.25, -0.2) is 0 Å². The number of para-hydroxylation sites is 1. The number of fused-ring (bicyclic) bond motifs is 3. The third-order valence-electron chi connectivity index (χ3n) is 5.16. The van der Waals surface area contributed by atoms with E-state index in [2.05, 4.69) is 44.8 Å². The van der Waals surface area contributed by atoms with Crippen molar-refractivity contribution in [2.45, 2.75) is 40.0 Å². The summed E-state index contributed by atoms with van der Waals surface area (Å²) in [5, 5.41) is 11.8. The van der Waals surface area contributed by atoms with Gasteiger partial charge in [-0.3, -0.25) is 4.98 Å². The fraction of sp³-hybridized carbons (Fsp3) is 0.280. The average molecular weight is 368 g/mol. The Bertz CT molecular complexity index is 1190. The molecule has 140 valence electrons. The van der Waals surface area contributed by atoms with Crippen molar-refractivity contribution >= 4 is 21.9 Å². The van der Waals surface area contributed by atoms with E-state index in [0.29, 0.717) is 17.4 Å². The Morgan fingerprint density at radius 2 is 1.86 bits per heavy atom. The molecule has 3 heteroatoms. The number of pyridine rings is 1. The van der Waals surface area contributed by atoms with E-state index in [1.807, 2.05) is 36.4 Å². The summed E-state index contributed by atoms with van der Waals surface area (Å²) in [6, 6.07) is 16.4. The lowest BCUT2D eigenvalue weighted by Gasteiger charge is -2.16. The van der Waals surface area contributed by atoms with Crippen LogP contribution in [0.1, 0.15) is 50.3 Å². The number of hydrogen-bond acceptors (Lipinski definition) is 3. The van der Waals surface area contributed by atoms with Gasteiger partial charge < -0.3 is 4.42 Å². The van der Waals surface area contributed by atoms with Crippen LogP contribution in [-0.2, 0) is 6.42 Å². The molecular formula is C25H24N2O. The molecule has 0 spiro atoms. The largest absolute Gasteiger partial charge is 0.455 e. The Kier molecular flexibility index (Phi) is 4.65. The first-order valence-corrected chi connectivity index (χ1v) is 9.83. The van der Waals surface area contributed by atoms with Gasteiger partial charge in [0.25, 0.3) is 0 Å². The minimum absolute atomic E-state index is 0.308. The maximum atomic E-state index is 9.88. The first-order chi connectivity index (χ1) is 13.5. The molecule has 0 unspecified atom stereocenters. The first-order valence-electron chi connectivity index (χ1n) is 9.83. The molecular weight excluding hydrogens is 344 g/mol. The molecule has 0 fully saturated rings. The molecule has 0 amide bonds. The third kappa shape index (κ3) is 2.96. The summed E-state index contributed by atoms with van der Waals surface area (Å²) >= 11 is 0. The van der Waals surface area contributed by atoms with Crippen LogP contribution >= 0.6 is 0 Å². The number of furan rings is 1. The molecule has 2 aromatic heterocycles. The highest BCUT2D eigenvalue weighted by Crippen LogP contribution is 2.41. The topological polar surface area (TPSA) is 49.8 Å². The molecule has 0 saturated carbocycles. The van der Waals surface area contributed by atoms with Crippen LogP contribution in [0, 0.1) is 17.2 Å². The molecule has 0 aliphatic heterocycles. The van der Waals surface area contributed by atoms with Crippen molar-refractivity contribution in [1.29, 1.82) is 5.26 Å². The Balaban J connectivity index is 2.13. The summed E-state index contributed by atoms with van der Waals surface area (Å²) < 4.78 is 6.50. The van der Waals surface area contributed by atoms with E-state index in [-0.39, 0.29) is 0 Å². The lowest BCUT2D eigenvalue weighted by Crippen LogP contribution is -2.03. The van der Waals surface area contributed by atoms with Gasteiger partial charge in [0.2, 0.25) is 0 Å². The van der Waals surface area contributed by atoms with E-state index in [9.17, 15) is 5.26 Å². The van der Waals surface area contributed by atoms with E-state index in [4.69, 9.17) is 4.42 Å². The summed E-state index contributed by atoms with van der Waals surface area (Å²) in [6.45, 7) is 8.80. The van der Waals surface area contributed by atoms with Crippen molar-refractivity contribution < 1.29 is 4.42 Å². The SMILES string of the molecule is CC(C)Cc1cc(C#N)c2c(oc3c(-c4ccccn4)cccc32)c1C(C)C. The second kappa shape index (κ2) is 7.13. The predicted octanol–water partition coefficient (Wildman–Crippen LogP) is 6.84. The molecule has 0 saturated heterocycles. The lowest BCUT2D eigenvalue weighted by atomic mass is 9.88.